The first kappa shape index (κ1) is 19.0. The number of allylic oxidation sites excluding steroid dienone is 4. The van der Waals surface area contributed by atoms with E-state index < -0.39 is 0 Å². The van der Waals surface area contributed by atoms with Crippen molar-refractivity contribution < 1.29 is 4.74 Å². The number of hydrogen-bond donors (Lipinski definition) is 0. The molecule has 1 aromatic carbocycles. The first-order valence-corrected chi connectivity index (χ1v) is 8.93. The Hall–Kier alpha value is -2.33. The Morgan fingerprint density at radius 2 is 1.96 bits per heavy atom. The van der Waals surface area contributed by atoms with Crippen LogP contribution in [-0.4, -0.2) is 16.7 Å². The predicted octanol–water partition coefficient (Wildman–Crippen LogP) is 5.96. The third-order valence-corrected chi connectivity index (χ3v) is 4.31. The van der Waals surface area contributed by atoms with Crippen molar-refractivity contribution in [1.29, 1.82) is 0 Å². The SMILES string of the molecule is C=C/C(=C\C=C(/C)c1cn(CC)c(/C=C/c2ccc(Br)cc2)n1)OC. The van der Waals surface area contributed by atoms with Gasteiger partial charge in [0.1, 0.15) is 11.6 Å². The summed E-state index contributed by atoms with van der Waals surface area (Å²) in [5, 5.41) is 0. The first-order valence-electron chi connectivity index (χ1n) is 8.13. The molecular weight excluding hydrogens is 376 g/mol. The lowest BCUT2D eigenvalue weighted by Crippen LogP contribution is -1.94. The van der Waals surface area contributed by atoms with Gasteiger partial charge in [-0.1, -0.05) is 46.8 Å². The number of hydrogen-bond acceptors (Lipinski definition) is 2. The van der Waals surface area contributed by atoms with Crippen molar-refractivity contribution in [1.82, 2.24) is 9.55 Å². The van der Waals surface area contributed by atoms with Crippen LogP contribution in [0.2, 0.25) is 0 Å². The van der Waals surface area contributed by atoms with E-state index in [1.165, 1.54) is 0 Å². The van der Waals surface area contributed by atoms with Crippen molar-refractivity contribution in [3.05, 3.63) is 82.6 Å². The molecule has 0 radical (unpaired) electrons. The van der Waals surface area contributed by atoms with Crippen LogP contribution in [-0.2, 0) is 11.3 Å². The molecule has 2 aromatic rings. The second-order valence-corrected chi connectivity index (χ2v) is 6.40. The van der Waals surface area contributed by atoms with E-state index in [9.17, 15) is 0 Å². The number of imidazole rings is 1. The van der Waals surface area contributed by atoms with E-state index in [0.717, 1.165) is 39.4 Å². The van der Waals surface area contributed by atoms with Crippen LogP contribution in [0.3, 0.4) is 0 Å². The van der Waals surface area contributed by atoms with Crippen LogP contribution in [0.4, 0.5) is 0 Å². The Kier molecular flexibility index (Phi) is 7.02. The third kappa shape index (κ3) is 5.33. The average Bonchev–Trinajstić information content (AvgIpc) is 3.05. The number of methoxy groups -OCH3 is 1. The van der Waals surface area contributed by atoms with E-state index in [2.05, 4.69) is 58.4 Å². The van der Waals surface area contributed by atoms with Gasteiger partial charge in [-0.25, -0.2) is 4.98 Å². The van der Waals surface area contributed by atoms with Crippen molar-refractivity contribution >= 4 is 33.7 Å². The standard InChI is InChI=1S/C21H23BrN2O/c1-5-19(25-4)13-7-16(3)20-15-24(6-2)21(23-20)14-10-17-8-11-18(22)12-9-17/h5,7-15H,1,6H2,2-4H3/b14-10+,16-7+,19-13+. The largest absolute Gasteiger partial charge is 0.497 e. The summed E-state index contributed by atoms with van der Waals surface area (Å²) in [5.41, 5.74) is 3.16. The van der Waals surface area contributed by atoms with Gasteiger partial charge in [0.25, 0.3) is 0 Å². The normalized spacial score (nSPS) is 12.6. The molecule has 0 fully saturated rings. The number of aryl methyl sites for hydroxylation is 1. The highest BCUT2D eigenvalue weighted by molar-refractivity contribution is 9.10. The van der Waals surface area contributed by atoms with Gasteiger partial charge in [-0.05, 0) is 55.3 Å². The minimum Gasteiger partial charge on any atom is -0.497 e. The summed E-state index contributed by atoms with van der Waals surface area (Å²) in [6.07, 6.45) is 11.8. The molecule has 0 amide bonds. The highest BCUT2D eigenvalue weighted by atomic mass is 79.9. The molecule has 0 N–H and O–H groups in total. The minimum atomic E-state index is 0.727. The zero-order chi connectivity index (χ0) is 18.2. The Morgan fingerprint density at radius 1 is 1.24 bits per heavy atom. The molecule has 0 saturated carbocycles. The zero-order valence-electron chi connectivity index (χ0n) is 14.9. The van der Waals surface area contributed by atoms with Crippen LogP contribution in [0.15, 0.2) is 65.5 Å². The van der Waals surface area contributed by atoms with Gasteiger partial charge in [-0.15, -0.1) is 0 Å². The second-order valence-electron chi connectivity index (χ2n) is 5.48. The molecule has 130 valence electrons. The van der Waals surface area contributed by atoms with Gasteiger partial charge in [-0.3, -0.25) is 0 Å². The number of nitrogens with zero attached hydrogens (tertiary/aromatic N) is 2. The summed E-state index contributed by atoms with van der Waals surface area (Å²) in [6, 6.07) is 8.20. The summed E-state index contributed by atoms with van der Waals surface area (Å²) in [7, 11) is 1.63. The summed E-state index contributed by atoms with van der Waals surface area (Å²) in [5.74, 6) is 1.66. The minimum absolute atomic E-state index is 0.727. The fourth-order valence-electron chi connectivity index (χ4n) is 2.26. The van der Waals surface area contributed by atoms with Crippen molar-refractivity contribution in [2.75, 3.05) is 7.11 Å². The molecule has 0 aliphatic carbocycles. The van der Waals surface area contributed by atoms with Gasteiger partial charge < -0.3 is 9.30 Å². The van der Waals surface area contributed by atoms with Crippen LogP contribution in [0.5, 0.6) is 0 Å². The van der Waals surface area contributed by atoms with E-state index in [0.29, 0.717) is 0 Å². The molecule has 0 aliphatic heterocycles. The molecule has 0 saturated heterocycles. The molecule has 4 heteroatoms. The summed E-state index contributed by atoms with van der Waals surface area (Å²) in [6.45, 7) is 8.74. The lowest BCUT2D eigenvalue weighted by Gasteiger charge is -1.99. The fraction of sp³-hybridized carbons (Fsp3) is 0.190. The Labute approximate surface area is 158 Å². The smallest absolute Gasteiger partial charge is 0.133 e. The van der Waals surface area contributed by atoms with E-state index in [4.69, 9.17) is 9.72 Å². The fourth-order valence-corrected chi connectivity index (χ4v) is 2.53. The van der Waals surface area contributed by atoms with Gasteiger partial charge in [0.05, 0.1) is 12.8 Å². The maximum atomic E-state index is 5.19. The van der Waals surface area contributed by atoms with E-state index in [1.807, 2.05) is 37.3 Å². The number of ether oxygens (including phenoxy) is 1. The third-order valence-electron chi connectivity index (χ3n) is 3.78. The Morgan fingerprint density at radius 3 is 2.56 bits per heavy atom. The highest BCUT2D eigenvalue weighted by Gasteiger charge is 2.05. The molecule has 0 unspecified atom stereocenters. The van der Waals surface area contributed by atoms with Crippen molar-refractivity contribution in [3.8, 4) is 0 Å². The van der Waals surface area contributed by atoms with Gasteiger partial charge in [0.2, 0.25) is 0 Å². The molecule has 3 nitrogen and oxygen atoms in total. The monoisotopic (exact) mass is 398 g/mol. The van der Waals surface area contributed by atoms with E-state index >= 15 is 0 Å². The van der Waals surface area contributed by atoms with Crippen molar-refractivity contribution in [2.45, 2.75) is 20.4 Å². The molecule has 1 aromatic heterocycles. The molecule has 1 heterocycles. The van der Waals surface area contributed by atoms with Crippen molar-refractivity contribution in [3.63, 3.8) is 0 Å². The molecule has 0 spiro atoms. The topological polar surface area (TPSA) is 27.1 Å². The van der Waals surface area contributed by atoms with E-state index in [-0.39, 0.29) is 0 Å². The lowest BCUT2D eigenvalue weighted by atomic mass is 10.2. The number of halogens is 1. The number of aromatic nitrogens is 2. The summed E-state index contributed by atoms with van der Waals surface area (Å²) in [4.78, 5) is 4.75. The average molecular weight is 399 g/mol. The van der Waals surface area contributed by atoms with Gasteiger partial charge in [0.15, 0.2) is 0 Å². The van der Waals surface area contributed by atoms with Crippen molar-refractivity contribution in [2.24, 2.45) is 0 Å². The van der Waals surface area contributed by atoms with Crippen LogP contribution in [0.1, 0.15) is 30.9 Å². The Bertz CT molecular complexity index is 811. The van der Waals surface area contributed by atoms with Gasteiger partial charge in [0, 0.05) is 17.2 Å². The molecule has 0 atom stereocenters. The quantitative estimate of drug-likeness (QED) is 0.425. The zero-order valence-corrected chi connectivity index (χ0v) is 16.5. The molecular formula is C21H23BrN2O. The maximum Gasteiger partial charge on any atom is 0.133 e. The molecule has 2 rings (SSSR count). The lowest BCUT2D eigenvalue weighted by molar-refractivity contribution is 0.307. The first-order chi connectivity index (χ1) is 12.1. The predicted molar refractivity (Wildman–Crippen MR) is 110 cm³/mol. The second kappa shape index (κ2) is 9.23. The van der Waals surface area contributed by atoms with Gasteiger partial charge >= 0.3 is 0 Å². The van der Waals surface area contributed by atoms with E-state index in [1.54, 1.807) is 13.2 Å². The summed E-state index contributed by atoms with van der Waals surface area (Å²) >= 11 is 3.45. The summed E-state index contributed by atoms with van der Waals surface area (Å²) < 4.78 is 8.40. The number of benzene rings is 1. The Balaban J connectivity index is 2.26. The van der Waals surface area contributed by atoms with Crippen LogP contribution in [0.25, 0.3) is 17.7 Å². The van der Waals surface area contributed by atoms with Crippen LogP contribution < -0.4 is 0 Å². The molecule has 0 aliphatic rings. The molecule has 25 heavy (non-hydrogen) atoms. The van der Waals surface area contributed by atoms with Crippen LogP contribution >= 0.6 is 15.9 Å². The maximum absolute atomic E-state index is 5.19. The number of rotatable bonds is 7. The highest BCUT2D eigenvalue weighted by Crippen LogP contribution is 2.17. The van der Waals surface area contributed by atoms with Crippen LogP contribution in [0, 0.1) is 0 Å². The molecule has 0 bridgehead atoms. The van der Waals surface area contributed by atoms with Gasteiger partial charge in [-0.2, -0.15) is 0 Å².